The topological polar surface area (TPSA) is 24.7 Å². The molecule has 72 valence electrons. The Labute approximate surface area is 79.5 Å². The first-order chi connectivity index (χ1) is 6.13. The van der Waals surface area contributed by atoms with Gasteiger partial charge in [0.15, 0.2) is 0 Å². The van der Waals surface area contributed by atoms with Gasteiger partial charge in [-0.2, -0.15) is 0 Å². The minimum Gasteiger partial charge on any atom is -0.336 e. The number of amides is 1. The van der Waals surface area contributed by atoms with Gasteiger partial charge < -0.3 is 9.74 Å². The standard InChI is InChI=1S/C10H16N2O/c1-8-4-9(2)7-12(6-8)10(13)5-11-3/h8-9H,4-7H2,1-2H3. The number of likely N-dealkylation sites (tertiary alicyclic amines) is 1. The van der Waals surface area contributed by atoms with Crippen LogP contribution in [0.4, 0.5) is 0 Å². The first-order valence-electron chi connectivity index (χ1n) is 4.74. The maximum absolute atomic E-state index is 11.4. The summed E-state index contributed by atoms with van der Waals surface area (Å²) in [5.74, 6) is 1.16. The summed E-state index contributed by atoms with van der Waals surface area (Å²) in [4.78, 5) is 16.4. The Bertz CT molecular complexity index is 222. The van der Waals surface area contributed by atoms with E-state index in [9.17, 15) is 4.79 Å². The lowest BCUT2D eigenvalue weighted by Crippen LogP contribution is -2.43. The number of nitrogens with zero attached hydrogens (tertiary/aromatic N) is 2. The molecule has 0 bridgehead atoms. The Morgan fingerprint density at radius 3 is 2.46 bits per heavy atom. The number of carbonyl (C=O) groups is 1. The van der Waals surface area contributed by atoms with E-state index in [1.807, 2.05) is 4.90 Å². The van der Waals surface area contributed by atoms with Gasteiger partial charge in [0, 0.05) is 13.1 Å². The van der Waals surface area contributed by atoms with Gasteiger partial charge in [0.05, 0.1) is 0 Å². The van der Waals surface area contributed by atoms with Gasteiger partial charge in [-0.3, -0.25) is 4.79 Å². The average molecular weight is 180 g/mol. The molecule has 2 unspecified atom stereocenters. The van der Waals surface area contributed by atoms with Crippen LogP contribution in [-0.2, 0) is 4.79 Å². The van der Waals surface area contributed by atoms with Crippen molar-refractivity contribution >= 4 is 5.91 Å². The molecule has 3 heteroatoms. The summed E-state index contributed by atoms with van der Waals surface area (Å²) in [7, 11) is 0. The second kappa shape index (κ2) is 4.27. The highest BCUT2D eigenvalue weighted by Crippen LogP contribution is 2.20. The molecule has 1 amide bonds. The van der Waals surface area contributed by atoms with Crippen LogP contribution in [0.3, 0.4) is 0 Å². The molecule has 13 heavy (non-hydrogen) atoms. The number of piperidine rings is 1. The van der Waals surface area contributed by atoms with Gasteiger partial charge in [0.2, 0.25) is 0 Å². The van der Waals surface area contributed by atoms with E-state index < -0.39 is 0 Å². The van der Waals surface area contributed by atoms with Crippen molar-refractivity contribution in [3.63, 3.8) is 0 Å². The van der Waals surface area contributed by atoms with Crippen LogP contribution in [0.1, 0.15) is 20.3 Å². The zero-order chi connectivity index (χ0) is 9.84. The highest BCUT2D eigenvalue weighted by molar-refractivity contribution is 5.79. The molecule has 1 heterocycles. The molecule has 2 atom stereocenters. The molecule has 0 spiro atoms. The van der Waals surface area contributed by atoms with Crippen molar-refractivity contribution in [2.75, 3.05) is 19.6 Å². The van der Waals surface area contributed by atoms with E-state index >= 15 is 0 Å². The van der Waals surface area contributed by atoms with Gasteiger partial charge in [-0.05, 0) is 18.3 Å². The molecule has 3 nitrogen and oxygen atoms in total. The zero-order valence-electron chi connectivity index (χ0n) is 8.29. The maximum Gasteiger partial charge on any atom is 0.302 e. The quantitative estimate of drug-likeness (QED) is 0.560. The van der Waals surface area contributed by atoms with Crippen molar-refractivity contribution < 1.29 is 4.79 Å². The van der Waals surface area contributed by atoms with Gasteiger partial charge in [0.1, 0.15) is 0 Å². The van der Waals surface area contributed by atoms with Crippen LogP contribution in [0.2, 0.25) is 0 Å². The van der Waals surface area contributed by atoms with Crippen LogP contribution in [-0.4, -0.2) is 30.4 Å². The molecule has 1 saturated heterocycles. The van der Waals surface area contributed by atoms with Gasteiger partial charge >= 0.3 is 5.91 Å². The highest BCUT2D eigenvalue weighted by atomic mass is 16.2. The third-order valence-electron chi connectivity index (χ3n) is 2.44. The first kappa shape index (κ1) is 10.0. The molecule has 1 aliphatic rings. The minimum absolute atomic E-state index is 0.00611. The zero-order valence-corrected chi connectivity index (χ0v) is 8.29. The van der Waals surface area contributed by atoms with E-state index in [1.54, 1.807) is 0 Å². The molecular formula is C10H16N2O. The van der Waals surface area contributed by atoms with E-state index in [0.29, 0.717) is 11.8 Å². The fraction of sp³-hybridized carbons (Fsp3) is 0.800. The largest absolute Gasteiger partial charge is 0.336 e. The van der Waals surface area contributed by atoms with Crippen LogP contribution in [0, 0.1) is 18.4 Å². The molecule has 0 aromatic rings. The van der Waals surface area contributed by atoms with E-state index in [2.05, 4.69) is 18.7 Å². The van der Waals surface area contributed by atoms with E-state index in [4.69, 9.17) is 6.57 Å². The molecular weight excluding hydrogens is 164 g/mol. The average Bonchev–Trinajstić information content (AvgIpc) is 2.03. The van der Waals surface area contributed by atoms with Crippen molar-refractivity contribution in [2.24, 2.45) is 11.8 Å². The molecule has 1 fully saturated rings. The second-order valence-electron chi connectivity index (χ2n) is 4.06. The van der Waals surface area contributed by atoms with E-state index in [0.717, 1.165) is 13.1 Å². The van der Waals surface area contributed by atoms with Gasteiger partial charge in [-0.15, -0.1) is 0 Å². The van der Waals surface area contributed by atoms with Gasteiger partial charge in [-0.1, -0.05) is 13.8 Å². The lowest BCUT2D eigenvalue weighted by molar-refractivity contribution is -0.131. The monoisotopic (exact) mass is 180 g/mol. The Kier molecular flexibility index (Phi) is 3.30. The van der Waals surface area contributed by atoms with Crippen molar-refractivity contribution in [1.29, 1.82) is 0 Å². The fourth-order valence-electron chi connectivity index (χ4n) is 2.03. The third-order valence-corrected chi connectivity index (χ3v) is 2.44. The molecule has 0 aromatic heterocycles. The number of rotatable bonds is 1. The van der Waals surface area contributed by atoms with Crippen molar-refractivity contribution in [1.82, 2.24) is 4.90 Å². The van der Waals surface area contributed by atoms with Crippen LogP contribution in [0.5, 0.6) is 0 Å². The van der Waals surface area contributed by atoms with Gasteiger partial charge in [0.25, 0.3) is 6.54 Å². The lowest BCUT2D eigenvalue weighted by Gasteiger charge is -2.33. The fourth-order valence-corrected chi connectivity index (χ4v) is 2.03. The Morgan fingerprint density at radius 2 is 2.00 bits per heavy atom. The Balaban J connectivity index is 2.50. The summed E-state index contributed by atoms with van der Waals surface area (Å²) in [5.41, 5.74) is 0. The summed E-state index contributed by atoms with van der Waals surface area (Å²) in [6.07, 6.45) is 1.20. The second-order valence-corrected chi connectivity index (χ2v) is 4.06. The minimum atomic E-state index is -0.00611. The molecule has 0 saturated carbocycles. The summed E-state index contributed by atoms with van der Waals surface area (Å²) >= 11 is 0. The van der Waals surface area contributed by atoms with E-state index in [-0.39, 0.29) is 12.5 Å². The Hall–Kier alpha value is -1.04. The smallest absolute Gasteiger partial charge is 0.302 e. The number of carbonyl (C=O) groups excluding carboxylic acids is 1. The molecule has 0 N–H and O–H groups in total. The van der Waals surface area contributed by atoms with Crippen molar-refractivity contribution in [3.05, 3.63) is 11.4 Å². The molecule has 0 aliphatic carbocycles. The molecule has 0 radical (unpaired) electrons. The highest BCUT2D eigenvalue weighted by Gasteiger charge is 2.26. The Morgan fingerprint density at radius 1 is 1.46 bits per heavy atom. The van der Waals surface area contributed by atoms with Crippen LogP contribution in [0.25, 0.3) is 4.85 Å². The normalized spacial score (nSPS) is 28.2. The molecule has 0 aromatic carbocycles. The maximum atomic E-state index is 11.4. The number of hydrogen-bond acceptors (Lipinski definition) is 1. The van der Waals surface area contributed by atoms with Crippen LogP contribution >= 0.6 is 0 Å². The van der Waals surface area contributed by atoms with Crippen molar-refractivity contribution in [2.45, 2.75) is 20.3 Å². The lowest BCUT2D eigenvalue weighted by atomic mass is 9.92. The van der Waals surface area contributed by atoms with Crippen LogP contribution in [0.15, 0.2) is 0 Å². The predicted molar refractivity (Wildman–Crippen MR) is 51.0 cm³/mol. The summed E-state index contributed by atoms with van der Waals surface area (Å²) in [5, 5.41) is 0. The van der Waals surface area contributed by atoms with Crippen molar-refractivity contribution in [3.8, 4) is 0 Å². The third kappa shape index (κ3) is 2.73. The summed E-state index contributed by atoms with van der Waals surface area (Å²) in [6.45, 7) is 12.6. The molecule has 1 aliphatic heterocycles. The summed E-state index contributed by atoms with van der Waals surface area (Å²) < 4.78 is 0. The van der Waals surface area contributed by atoms with Gasteiger partial charge in [-0.25, -0.2) is 6.57 Å². The summed E-state index contributed by atoms with van der Waals surface area (Å²) in [6, 6.07) is 0. The molecule has 1 rings (SSSR count). The number of hydrogen-bond donors (Lipinski definition) is 0. The predicted octanol–water partition coefficient (Wildman–Crippen LogP) is 1.41. The SMILES string of the molecule is [C-]#[N+]CC(=O)N1CC(C)CC(C)C1. The van der Waals surface area contributed by atoms with Crippen LogP contribution < -0.4 is 0 Å². The first-order valence-corrected chi connectivity index (χ1v) is 4.74. The van der Waals surface area contributed by atoms with E-state index in [1.165, 1.54) is 6.42 Å².